The average Bonchev–Trinajstić information content (AvgIpc) is 2.50. The monoisotopic (exact) mass is 276 g/mol. The average molecular weight is 276 g/mol. The van der Waals surface area contributed by atoms with Gasteiger partial charge in [0.15, 0.2) is 0 Å². The Kier molecular flexibility index (Phi) is 5.41. The van der Waals surface area contributed by atoms with Crippen LogP contribution >= 0.6 is 0 Å². The summed E-state index contributed by atoms with van der Waals surface area (Å²) in [5.74, 6) is 0. The molecular formula is C16H24N2O2. The van der Waals surface area contributed by atoms with Crippen molar-refractivity contribution in [2.24, 2.45) is 0 Å². The maximum atomic E-state index is 11.7. The Hall–Kier alpha value is -1.55. The third-order valence-electron chi connectivity index (χ3n) is 4.00. The molecule has 2 rings (SSSR count). The highest BCUT2D eigenvalue weighted by Crippen LogP contribution is 2.19. The molecule has 1 aliphatic heterocycles. The number of carbonyl (C=O) groups excluding carboxylic acids is 1. The molecule has 4 nitrogen and oxygen atoms in total. The predicted octanol–water partition coefficient (Wildman–Crippen LogP) is 2.74. The van der Waals surface area contributed by atoms with Crippen LogP contribution in [0.2, 0.25) is 0 Å². The fourth-order valence-corrected chi connectivity index (χ4v) is 2.88. The van der Waals surface area contributed by atoms with Crippen LogP contribution in [0.15, 0.2) is 30.3 Å². The van der Waals surface area contributed by atoms with Gasteiger partial charge in [0.25, 0.3) is 0 Å². The molecule has 1 aliphatic rings. The molecule has 0 unspecified atom stereocenters. The normalized spacial score (nSPS) is 16.9. The molecular weight excluding hydrogens is 252 g/mol. The summed E-state index contributed by atoms with van der Waals surface area (Å²) in [4.78, 5) is 16.0. The first-order valence-electron chi connectivity index (χ1n) is 7.35. The maximum absolute atomic E-state index is 11.7. The first-order chi connectivity index (χ1) is 9.74. The Morgan fingerprint density at radius 3 is 2.50 bits per heavy atom. The quantitative estimate of drug-likeness (QED) is 0.847. The van der Waals surface area contributed by atoms with Crippen molar-refractivity contribution in [3.8, 4) is 0 Å². The highest BCUT2D eigenvalue weighted by Gasteiger charge is 2.27. The molecule has 0 radical (unpaired) electrons. The molecule has 0 saturated carbocycles. The molecule has 0 aromatic heterocycles. The van der Waals surface area contributed by atoms with Crippen LogP contribution in [-0.2, 0) is 11.3 Å². The van der Waals surface area contributed by atoms with E-state index in [2.05, 4.69) is 29.2 Å². The summed E-state index contributed by atoms with van der Waals surface area (Å²) in [5.41, 5.74) is 1.35. The molecule has 1 saturated heterocycles. The topological polar surface area (TPSA) is 32.8 Å². The Labute approximate surface area is 121 Å². The molecule has 110 valence electrons. The first-order valence-corrected chi connectivity index (χ1v) is 7.35. The molecule has 1 amide bonds. The van der Waals surface area contributed by atoms with E-state index in [1.54, 1.807) is 0 Å². The van der Waals surface area contributed by atoms with E-state index in [9.17, 15) is 4.79 Å². The Balaban J connectivity index is 1.84. The second kappa shape index (κ2) is 7.29. The lowest BCUT2D eigenvalue weighted by molar-refractivity contribution is 0.0792. The van der Waals surface area contributed by atoms with Crippen LogP contribution in [0, 0.1) is 0 Å². The van der Waals surface area contributed by atoms with Crippen molar-refractivity contribution < 1.29 is 9.53 Å². The second-order valence-electron chi connectivity index (χ2n) is 5.25. The van der Waals surface area contributed by atoms with E-state index in [1.165, 1.54) is 12.7 Å². The van der Waals surface area contributed by atoms with Crippen molar-refractivity contribution in [2.45, 2.75) is 32.4 Å². The zero-order chi connectivity index (χ0) is 14.4. The molecule has 1 fully saturated rings. The number of nitrogens with zero attached hydrogens (tertiary/aromatic N) is 2. The molecule has 0 atom stereocenters. The molecule has 20 heavy (non-hydrogen) atoms. The van der Waals surface area contributed by atoms with Gasteiger partial charge in [-0.2, -0.15) is 0 Å². The van der Waals surface area contributed by atoms with E-state index in [4.69, 9.17) is 4.74 Å². The molecule has 0 N–H and O–H groups in total. The molecule has 0 aliphatic carbocycles. The summed E-state index contributed by atoms with van der Waals surface area (Å²) < 4.78 is 4.85. The van der Waals surface area contributed by atoms with Gasteiger partial charge in [0.1, 0.15) is 0 Å². The van der Waals surface area contributed by atoms with Crippen molar-refractivity contribution in [1.29, 1.82) is 0 Å². The highest BCUT2D eigenvalue weighted by molar-refractivity contribution is 5.67. The minimum Gasteiger partial charge on any atom is -0.453 e. The Morgan fingerprint density at radius 2 is 1.95 bits per heavy atom. The molecule has 1 aromatic rings. The summed E-state index contributed by atoms with van der Waals surface area (Å²) >= 11 is 0. The van der Waals surface area contributed by atoms with Gasteiger partial charge in [-0.3, -0.25) is 4.90 Å². The smallest absolute Gasteiger partial charge is 0.409 e. The number of carbonyl (C=O) groups is 1. The number of benzene rings is 1. The molecule has 0 spiro atoms. The van der Waals surface area contributed by atoms with Gasteiger partial charge in [0, 0.05) is 32.2 Å². The number of piperidine rings is 1. The summed E-state index contributed by atoms with van der Waals surface area (Å²) in [6.45, 7) is 5.79. The lowest BCUT2D eigenvalue weighted by atomic mass is 10.0. The number of rotatable bonds is 4. The second-order valence-corrected chi connectivity index (χ2v) is 5.25. The predicted molar refractivity (Wildman–Crippen MR) is 79.5 cm³/mol. The van der Waals surface area contributed by atoms with Crippen LogP contribution in [0.3, 0.4) is 0 Å². The Bertz CT molecular complexity index is 414. The van der Waals surface area contributed by atoms with E-state index in [0.717, 1.165) is 39.0 Å². The van der Waals surface area contributed by atoms with E-state index in [-0.39, 0.29) is 6.09 Å². The number of amides is 1. The summed E-state index contributed by atoms with van der Waals surface area (Å²) in [6.07, 6.45) is 1.85. The third-order valence-corrected chi connectivity index (χ3v) is 4.00. The molecule has 0 bridgehead atoms. The zero-order valence-electron chi connectivity index (χ0n) is 12.4. The van der Waals surface area contributed by atoms with Gasteiger partial charge in [-0.25, -0.2) is 4.79 Å². The van der Waals surface area contributed by atoms with E-state index < -0.39 is 0 Å². The third kappa shape index (κ3) is 3.73. The van der Waals surface area contributed by atoms with Gasteiger partial charge < -0.3 is 9.64 Å². The minimum atomic E-state index is -0.200. The van der Waals surface area contributed by atoms with Crippen molar-refractivity contribution >= 4 is 6.09 Å². The number of likely N-dealkylation sites (tertiary alicyclic amines) is 1. The fraction of sp³-hybridized carbons (Fsp3) is 0.562. The number of hydrogen-bond donors (Lipinski definition) is 0. The lowest BCUT2D eigenvalue weighted by Crippen LogP contribution is -2.47. The van der Waals surface area contributed by atoms with Crippen LogP contribution in [-0.4, -0.2) is 48.7 Å². The minimum absolute atomic E-state index is 0.200. The standard InChI is InChI=1S/C16H24N2O2/c1-3-18(16(19)20-2)15-9-11-17(12-10-15)13-14-7-5-4-6-8-14/h4-8,15H,3,9-13H2,1-2H3. The van der Waals surface area contributed by atoms with Crippen molar-refractivity contribution in [1.82, 2.24) is 9.80 Å². The molecule has 1 heterocycles. The maximum Gasteiger partial charge on any atom is 0.409 e. The summed E-state index contributed by atoms with van der Waals surface area (Å²) in [7, 11) is 1.45. The molecule has 1 aromatic carbocycles. The van der Waals surface area contributed by atoms with Crippen molar-refractivity contribution in [3.63, 3.8) is 0 Å². The van der Waals surface area contributed by atoms with Crippen LogP contribution in [0.5, 0.6) is 0 Å². The van der Waals surface area contributed by atoms with Crippen molar-refractivity contribution in [2.75, 3.05) is 26.7 Å². The zero-order valence-corrected chi connectivity index (χ0v) is 12.4. The summed E-state index contributed by atoms with van der Waals surface area (Å²) in [6, 6.07) is 10.9. The van der Waals surface area contributed by atoms with Gasteiger partial charge in [0.2, 0.25) is 0 Å². The fourth-order valence-electron chi connectivity index (χ4n) is 2.88. The summed E-state index contributed by atoms with van der Waals surface area (Å²) in [5, 5.41) is 0. The van der Waals surface area contributed by atoms with Gasteiger partial charge in [-0.05, 0) is 25.3 Å². The van der Waals surface area contributed by atoms with Crippen LogP contribution in [0.25, 0.3) is 0 Å². The number of ether oxygens (including phenoxy) is 1. The molecule has 4 heteroatoms. The van der Waals surface area contributed by atoms with Crippen molar-refractivity contribution in [3.05, 3.63) is 35.9 Å². The van der Waals surface area contributed by atoms with Gasteiger partial charge >= 0.3 is 6.09 Å². The van der Waals surface area contributed by atoms with Gasteiger partial charge in [0.05, 0.1) is 7.11 Å². The van der Waals surface area contributed by atoms with Gasteiger partial charge in [-0.15, -0.1) is 0 Å². The largest absolute Gasteiger partial charge is 0.453 e. The van der Waals surface area contributed by atoms with E-state index >= 15 is 0 Å². The lowest BCUT2D eigenvalue weighted by Gasteiger charge is -2.37. The van der Waals surface area contributed by atoms with Crippen LogP contribution < -0.4 is 0 Å². The van der Waals surface area contributed by atoms with Crippen LogP contribution in [0.1, 0.15) is 25.3 Å². The first kappa shape index (κ1) is 14.9. The van der Waals surface area contributed by atoms with Crippen LogP contribution in [0.4, 0.5) is 4.79 Å². The number of methoxy groups -OCH3 is 1. The SMILES string of the molecule is CCN(C(=O)OC)C1CCN(Cc2ccccc2)CC1. The van der Waals surface area contributed by atoms with Gasteiger partial charge in [-0.1, -0.05) is 30.3 Å². The number of hydrogen-bond acceptors (Lipinski definition) is 3. The van der Waals surface area contributed by atoms with E-state index in [0.29, 0.717) is 6.04 Å². The highest BCUT2D eigenvalue weighted by atomic mass is 16.5. The van der Waals surface area contributed by atoms with E-state index in [1.807, 2.05) is 17.9 Å². The Morgan fingerprint density at radius 1 is 1.30 bits per heavy atom.